The van der Waals surface area contributed by atoms with Crippen LogP contribution in [0.25, 0.3) is 0 Å². The summed E-state index contributed by atoms with van der Waals surface area (Å²) in [5.74, 6) is 0.0902. The first-order valence-electron chi connectivity index (χ1n) is 5.80. The molecule has 1 heterocycles. The fraction of sp³-hybridized carbons (Fsp3) is 0.833. The maximum Gasteiger partial charge on any atom is 0.410 e. The number of carbonyl (C=O) groups excluding carboxylic acids is 1. The van der Waals surface area contributed by atoms with E-state index in [4.69, 9.17) is 10.00 Å². The molecular weight excluding hydrogens is 204 g/mol. The normalized spacial score (nSPS) is 22.1. The van der Waals surface area contributed by atoms with E-state index in [0.29, 0.717) is 13.1 Å². The average Bonchev–Trinajstić information content (AvgIpc) is 2.39. The van der Waals surface area contributed by atoms with Crippen molar-refractivity contribution < 1.29 is 9.53 Å². The summed E-state index contributed by atoms with van der Waals surface area (Å²) in [4.78, 5) is 13.5. The van der Waals surface area contributed by atoms with Gasteiger partial charge in [-0.05, 0) is 40.0 Å². The Morgan fingerprint density at radius 3 is 2.62 bits per heavy atom. The van der Waals surface area contributed by atoms with Gasteiger partial charge in [-0.3, -0.25) is 0 Å². The molecule has 0 bridgehead atoms. The molecule has 1 atom stereocenters. The van der Waals surface area contributed by atoms with Gasteiger partial charge in [0.25, 0.3) is 0 Å². The van der Waals surface area contributed by atoms with Gasteiger partial charge < -0.3 is 9.64 Å². The van der Waals surface area contributed by atoms with E-state index in [2.05, 4.69) is 6.07 Å². The van der Waals surface area contributed by atoms with E-state index < -0.39 is 5.60 Å². The fourth-order valence-corrected chi connectivity index (χ4v) is 1.73. The van der Waals surface area contributed by atoms with Gasteiger partial charge in [0.05, 0.1) is 6.07 Å². The lowest BCUT2D eigenvalue weighted by Crippen LogP contribution is -2.37. The Morgan fingerprint density at radius 2 is 2.06 bits per heavy atom. The summed E-state index contributed by atoms with van der Waals surface area (Å²) in [6, 6.07) is 2.27. The second-order valence-corrected chi connectivity index (χ2v) is 5.22. The zero-order valence-electron chi connectivity index (χ0n) is 10.3. The molecule has 90 valence electrons. The van der Waals surface area contributed by atoms with E-state index in [0.717, 1.165) is 19.3 Å². The van der Waals surface area contributed by atoms with Crippen molar-refractivity contribution in [1.82, 2.24) is 4.90 Å². The summed E-state index contributed by atoms with van der Waals surface area (Å²) in [6.45, 7) is 6.92. The molecule has 0 aromatic rings. The maximum atomic E-state index is 11.8. The van der Waals surface area contributed by atoms with Gasteiger partial charge in [0.15, 0.2) is 0 Å². The number of hydrogen-bond donors (Lipinski definition) is 0. The predicted octanol–water partition coefficient (Wildman–Crippen LogP) is 2.55. The van der Waals surface area contributed by atoms with Crippen LogP contribution in [-0.4, -0.2) is 29.7 Å². The average molecular weight is 224 g/mol. The largest absolute Gasteiger partial charge is 0.444 e. The van der Waals surface area contributed by atoms with E-state index in [1.165, 1.54) is 0 Å². The first kappa shape index (κ1) is 12.8. The first-order chi connectivity index (χ1) is 7.42. The third-order valence-corrected chi connectivity index (χ3v) is 2.56. The highest BCUT2D eigenvalue weighted by Crippen LogP contribution is 2.18. The molecule has 0 saturated carbocycles. The summed E-state index contributed by atoms with van der Waals surface area (Å²) < 4.78 is 5.31. The van der Waals surface area contributed by atoms with E-state index in [-0.39, 0.29) is 12.0 Å². The maximum absolute atomic E-state index is 11.8. The zero-order chi connectivity index (χ0) is 12.2. The van der Waals surface area contributed by atoms with E-state index in [9.17, 15) is 4.79 Å². The standard InChI is InChI=1S/C12H20N2O2/c1-12(2,3)16-11(15)14-7-4-5-10(9-13)6-8-14/h10H,4-8H2,1-3H3/t10-/m1/s1. The molecule has 1 amide bonds. The molecule has 0 aliphatic carbocycles. The molecule has 4 nitrogen and oxygen atoms in total. The molecule has 0 unspecified atom stereocenters. The minimum atomic E-state index is -0.446. The van der Waals surface area contributed by atoms with Crippen molar-refractivity contribution in [3.05, 3.63) is 0 Å². The summed E-state index contributed by atoms with van der Waals surface area (Å²) in [6.07, 6.45) is 2.27. The van der Waals surface area contributed by atoms with Crippen molar-refractivity contribution in [3.8, 4) is 6.07 Å². The number of likely N-dealkylation sites (tertiary alicyclic amines) is 1. The minimum absolute atomic E-state index is 0.0902. The molecular formula is C12H20N2O2. The van der Waals surface area contributed by atoms with Crippen LogP contribution in [0.5, 0.6) is 0 Å². The molecule has 1 saturated heterocycles. The number of nitriles is 1. The van der Waals surface area contributed by atoms with Crippen LogP contribution in [0.2, 0.25) is 0 Å². The monoisotopic (exact) mass is 224 g/mol. The van der Waals surface area contributed by atoms with Crippen LogP contribution in [0.1, 0.15) is 40.0 Å². The van der Waals surface area contributed by atoms with Crippen LogP contribution in [0.3, 0.4) is 0 Å². The summed E-state index contributed by atoms with van der Waals surface area (Å²) >= 11 is 0. The Kier molecular flexibility index (Phi) is 4.17. The molecule has 0 aromatic carbocycles. The lowest BCUT2D eigenvalue weighted by Gasteiger charge is -2.26. The molecule has 4 heteroatoms. The SMILES string of the molecule is CC(C)(C)OC(=O)N1CCC[C@@H](C#N)CC1. The molecule has 1 aliphatic rings. The predicted molar refractivity (Wildman–Crippen MR) is 60.8 cm³/mol. The van der Waals surface area contributed by atoms with Crippen LogP contribution in [-0.2, 0) is 4.74 Å². The molecule has 0 aromatic heterocycles. The smallest absolute Gasteiger partial charge is 0.410 e. The summed E-state index contributed by atoms with van der Waals surface area (Å²) in [7, 11) is 0. The Bertz CT molecular complexity index is 288. The lowest BCUT2D eigenvalue weighted by atomic mass is 10.0. The summed E-state index contributed by atoms with van der Waals surface area (Å²) in [5.41, 5.74) is -0.446. The van der Waals surface area contributed by atoms with Gasteiger partial charge in [-0.1, -0.05) is 0 Å². The molecule has 1 rings (SSSR count). The van der Waals surface area contributed by atoms with Gasteiger partial charge in [0.1, 0.15) is 5.60 Å². The molecule has 1 aliphatic heterocycles. The van der Waals surface area contributed by atoms with Crippen molar-refractivity contribution in [2.45, 2.75) is 45.6 Å². The van der Waals surface area contributed by atoms with E-state index in [1.54, 1.807) is 4.90 Å². The highest BCUT2D eigenvalue weighted by atomic mass is 16.6. The second-order valence-electron chi connectivity index (χ2n) is 5.22. The summed E-state index contributed by atoms with van der Waals surface area (Å²) in [5, 5.41) is 8.84. The minimum Gasteiger partial charge on any atom is -0.444 e. The number of nitrogens with zero attached hydrogens (tertiary/aromatic N) is 2. The quantitative estimate of drug-likeness (QED) is 0.635. The van der Waals surface area contributed by atoms with Crippen LogP contribution in [0.4, 0.5) is 4.79 Å². The van der Waals surface area contributed by atoms with Gasteiger partial charge in [-0.25, -0.2) is 4.79 Å². The number of carbonyl (C=O) groups is 1. The fourth-order valence-electron chi connectivity index (χ4n) is 1.73. The molecule has 0 N–H and O–H groups in total. The number of rotatable bonds is 0. The van der Waals surface area contributed by atoms with Crippen LogP contribution in [0.15, 0.2) is 0 Å². The van der Waals surface area contributed by atoms with Crippen molar-refractivity contribution in [3.63, 3.8) is 0 Å². The third-order valence-electron chi connectivity index (χ3n) is 2.56. The van der Waals surface area contributed by atoms with Crippen molar-refractivity contribution in [2.75, 3.05) is 13.1 Å². The highest BCUT2D eigenvalue weighted by molar-refractivity contribution is 5.68. The Balaban J connectivity index is 2.49. The topological polar surface area (TPSA) is 53.3 Å². The first-order valence-corrected chi connectivity index (χ1v) is 5.80. The highest BCUT2D eigenvalue weighted by Gasteiger charge is 2.24. The van der Waals surface area contributed by atoms with Crippen molar-refractivity contribution in [2.24, 2.45) is 5.92 Å². The van der Waals surface area contributed by atoms with Gasteiger partial charge in [0, 0.05) is 19.0 Å². The van der Waals surface area contributed by atoms with Gasteiger partial charge in [-0.2, -0.15) is 5.26 Å². The Morgan fingerprint density at radius 1 is 1.38 bits per heavy atom. The van der Waals surface area contributed by atoms with Gasteiger partial charge in [-0.15, -0.1) is 0 Å². The van der Waals surface area contributed by atoms with Crippen LogP contribution in [0, 0.1) is 17.2 Å². The van der Waals surface area contributed by atoms with Crippen LogP contribution >= 0.6 is 0 Å². The Labute approximate surface area is 97.2 Å². The molecule has 0 radical (unpaired) electrons. The van der Waals surface area contributed by atoms with Gasteiger partial charge >= 0.3 is 6.09 Å². The van der Waals surface area contributed by atoms with Crippen LogP contribution < -0.4 is 0 Å². The van der Waals surface area contributed by atoms with E-state index >= 15 is 0 Å². The number of amides is 1. The second kappa shape index (κ2) is 5.20. The van der Waals surface area contributed by atoms with E-state index in [1.807, 2.05) is 20.8 Å². The molecule has 16 heavy (non-hydrogen) atoms. The third kappa shape index (κ3) is 4.09. The van der Waals surface area contributed by atoms with Crippen molar-refractivity contribution >= 4 is 6.09 Å². The number of ether oxygens (including phenoxy) is 1. The molecule has 1 fully saturated rings. The zero-order valence-corrected chi connectivity index (χ0v) is 10.3. The van der Waals surface area contributed by atoms with Crippen molar-refractivity contribution in [1.29, 1.82) is 5.26 Å². The number of hydrogen-bond acceptors (Lipinski definition) is 3. The molecule has 0 spiro atoms. The Hall–Kier alpha value is -1.24. The van der Waals surface area contributed by atoms with Gasteiger partial charge in [0.2, 0.25) is 0 Å². The lowest BCUT2D eigenvalue weighted by molar-refractivity contribution is 0.0256.